The lowest BCUT2D eigenvalue weighted by Gasteiger charge is -2.10. The molecule has 16 heavy (non-hydrogen) atoms. The average molecular weight is 219 g/mol. The van der Waals surface area contributed by atoms with Gasteiger partial charge in [0.05, 0.1) is 17.4 Å². The van der Waals surface area contributed by atoms with Crippen LogP contribution in [0.2, 0.25) is 0 Å². The molecule has 1 heterocycles. The van der Waals surface area contributed by atoms with Crippen LogP contribution in [-0.2, 0) is 0 Å². The molecule has 2 N–H and O–H groups in total. The molecule has 1 unspecified atom stereocenters. The van der Waals surface area contributed by atoms with Gasteiger partial charge in [-0.25, -0.2) is 0 Å². The second-order valence-corrected chi connectivity index (χ2v) is 5.51. The molecule has 3 rings (SSSR count). The zero-order chi connectivity index (χ0) is 11.1. The lowest BCUT2D eigenvalue weighted by Crippen LogP contribution is -2.08. The molecule has 1 aromatic rings. The second-order valence-electron chi connectivity index (χ2n) is 5.51. The van der Waals surface area contributed by atoms with E-state index in [4.69, 9.17) is 10.8 Å². The van der Waals surface area contributed by atoms with E-state index in [0.29, 0.717) is 12.0 Å². The highest BCUT2D eigenvalue weighted by molar-refractivity contribution is 5.43. The van der Waals surface area contributed by atoms with Crippen molar-refractivity contribution in [3.63, 3.8) is 0 Å². The molecular weight excluding hydrogens is 198 g/mol. The van der Waals surface area contributed by atoms with Gasteiger partial charge in [0.2, 0.25) is 0 Å². The summed E-state index contributed by atoms with van der Waals surface area (Å²) in [6, 6.07) is 0.539. The molecule has 3 nitrogen and oxygen atoms in total. The van der Waals surface area contributed by atoms with Crippen LogP contribution in [-0.4, -0.2) is 9.78 Å². The lowest BCUT2D eigenvalue weighted by molar-refractivity contribution is 0.433. The number of nitrogen functional groups attached to an aromatic ring is 1. The summed E-state index contributed by atoms with van der Waals surface area (Å²) >= 11 is 0. The molecular formula is C13H21N3. The largest absolute Gasteiger partial charge is 0.396 e. The smallest absolute Gasteiger partial charge is 0.0884 e. The molecule has 0 aliphatic heterocycles. The summed E-state index contributed by atoms with van der Waals surface area (Å²) in [5.41, 5.74) is 8.18. The molecule has 2 saturated carbocycles. The number of aromatic nitrogens is 2. The van der Waals surface area contributed by atoms with Gasteiger partial charge in [0.1, 0.15) is 0 Å². The Labute approximate surface area is 97.0 Å². The average Bonchev–Trinajstić information content (AvgIpc) is 2.84. The van der Waals surface area contributed by atoms with Crippen molar-refractivity contribution in [1.82, 2.24) is 9.78 Å². The Morgan fingerprint density at radius 3 is 2.62 bits per heavy atom. The molecule has 2 aliphatic carbocycles. The first-order chi connectivity index (χ1) is 7.75. The van der Waals surface area contributed by atoms with Crippen LogP contribution in [0.1, 0.15) is 63.1 Å². The Morgan fingerprint density at radius 2 is 2.00 bits per heavy atom. The van der Waals surface area contributed by atoms with Gasteiger partial charge in [0, 0.05) is 12.1 Å². The highest BCUT2D eigenvalue weighted by Crippen LogP contribution is 2.41. The van der Waals surface area contributed by atoms with Gasteiger partial charge >= 0.3 is 0 Å². The molecule has 2 aliphatic rings. The molecule has 0 spiro atoms. The van der Waals surface area contributed by atoms with Crippen LogP contribution in [0.5, 0.6) is 0 Å². The van der Waals surface area contributed by atoms with Crippen molar-refractivity contribution in [2.75, 3.05) is 5.73 Å². The maximum absolute atomic E-state index is 6.10. The molecule has 0 bridgehead atoms. The topological polar surface area (TPSA) is 43.8 Å². The number of nitrogens with two attached hydrogens (primary N) is 1. The highest BCUT2D eigenvalue weighted by atomic mass is 15.3. The normalized spacial score (nSPS) is 23.8. The van der Waals surface area contributed by atoms with Crippen molar-refractivity contribution in [1.29, 1.82) is 0 Å². The van der Waals surface area contributed by atoms with E-state index in [1.807, 2.05) is 0 Å². The molecule has 3 heteroatoms. The predicted molar refractivity (Wildman–Crippen MR) is 65.3 cm³/mol. The van der Waals surface area contributed by atoms with Crippen LogP contribution >= 0.6 is 0 Å². The van der Waals surface area contributed by atoms with Gasteiger partial charge in [0.15, 0.2) is 0 Å². The lowest BCUT2D eigenvalue weighted by atomic mass is 10.0. The summed E-state index contributed by atoms with van der Waals surface area (Å²) in [6.45, 7) is 2.27. The fraction of sp³-hybridized carbons (Fsp3) is 0.769. The fourth-order valence-corrected chi connectivity index (χ4v) is 2.94. The first-order valence-corrected chi connectivity index (χ1v) is 6.60. The van der Waals surface area contributed by atoms with Crippen molar-refractivity contribution >= 4 is 5.69 Å². The van der Waals surface area contributed by atoms with E-state index in [1.54, 1.807) is 0 Å². The number of hydrogen-bond acceptors (Lipinski definition) is 2. The summed E-state index contributed by atoms with van der Waals surface area (Å²) in [7, 11) is 0. The molecule has 1 atom stereocenters. The third-order valence-electron chi connectivity index (χ3n) is 4.25. The van der Waals surface area contributed by atoms with Crippen molar-refractivity contribution < 1.29 is 0 Å². The maximum Gasteiger partial charge on any atom is 0.0884 e. The summed E-state index contributed by atoms with van der Waals surface area (Å²) in [5, 5.41) is 4.74. The number of anilines is 1. The molecule has 1 aromatic heterocycles. The van der Waals surface area contributed by atoms with Gasteiger partial charge in [-0.3, -0.25) is 4.68 Å². The van der Waals surface area contributed by atoms with Crippen molar-refractivity contribution in [2.45, 2.75) is 57.4 Å². The molecule has 2 fully saturated rings. The first-order valence-electron chi connectivity index (χ1n) is 6.60. The minimum Gasteiger partial charge on any atom is -0.396 e. The van der Waals surface area contributed by atoms with Gasteiger partial charge in [-0.15, -0.1) is 0 Å². The van der Waals surface area contributed by atoms with Crippen LogP contribution in [0.3, 0.4) is 0 Å². The van der Waals surface area contributed by atoms with Crippen LogP contribution < -0.4 is 5.73 Å². The van der Waals surface area contributed by atoms with Crippen LogP contribution in [0.4, 0.5) is 5.69 Å². The predicted octanol–water partition coefficient (Wildman–Crippen LogP) is 3.09. The summed E-state index contributed by atoms with van der Waals surface area (Å²) < 4.78 is 2.11. The molecule has 88 valence electrons. The second kappa shape index (κ2) is 3.79. The van der Waals surface area contributed by atoms with Crippen molar-refractivity contribution in [2.24, 2.45) is 5.92 Å². The number of nitrogens with zero attached hydrogens (tertiary/aromatic N) is 2. The Bertz CT molecular complexity index is 373. The monoisotopic (exact) mass is 219 g/mol. The zero-order valence-electron chi connectivity index (χ0n) is 10.0. The highest BCUT2D eigenvalue weighted by Gasteiger charge is 2.31. The standard InChI is InChI=1S/C13H21N3/c1-9(10-6-7-10)16-8-12(14)13(15-16)11-4-2-3-5-11/h8-11H,2-7,14H2,1H3. The third kappa shape index (κ3) is 1.72. The van der Waals surface area contributed by atoms with Crippen molar-refractivity contribution in [3.05, 3.63) is 11.9 Å². The minimum absolute atomic E-state index is 0.539. The Morgan fingerprint density at radius 1 is 1.31 bits per heavy atom. The van der Waals surface area contributed by atoms with Gasteiger partial charge in [0.25, 0.3) is 0 Å². The Balaban J connectivity index is 1.82. The van der Waals surface area contributed by atoms with Gasteiger partial charge in [-0.2, -0.15) is 5.10 Å². The van der Waals surface area contributed by atoms with Crippen LogP contribution in [0, 0.1) is 5.92 Å². The molecule has 0 saturated heterocycles. The van der Waals surface area contributed by atoms with Gasteiger partial charge < -0.3 is 5.73 Å². The molecule has 0 amide bonds. The van der Waals surface area contributed by atoms with E-state index >= 15 is 0 Å². The molecule has 0 aromatic carbocycles. The van der Waals surface area contributed by atoms with E-state index in [2.05, 4.69) is 17.8 Å². The van der Waals surface area contributed by atoms with Gasteiger partial charge in [-0.1, -0.05) is 12.8 Å². The maximum atomic E-state index is 6.10. The summed E-state index contributed by atoms with van der Waals surface area (Å²) in [6.07, 6.45) is 10.0. The van der Waals surface area contributed by atoms with Gasteiger partial charge in [-0.05, 0) is 38.5 Å². The quantitative estimate of drug-likeness (QED) is 0.849. The van der Waals surface area contributed by atoms with E-state index < -0.39 is 0 Å². The van der Waals surface area contributed by atoms with Crippen LogP contribution in [0.15, 0.2) is 6.20 Å². The zero-order valence-corrected chi connectivity index (χ0v) is 10.0. The number of rotatable bonds is 3. The van der Waals surface area contributed by atoms with E-state index in [0.717, 1.165) is 11.6 Å². The van der Waals surface area contributed by atoms with E-state index in [-0.39, 0.29) is 0 Å². The summed E-state index contributed by atoms with van der Waals surface area (Å²) in [4.78, 5) is 0. The first kappa shape index (κ1) is 10.2. The van der Waals surface area contributed by atoms with E-state index in [9.17, 15) is 0 Å². The molecule has 0 radical (unpaired) electrons. The van der Waals surface area contributed by atoms with Crippen LogP contribution in [0.25, 0.3) is 0 Å². The fourth-order valence-electron chi connectivity index (χ4n) is 2.94. The van der Waals surface area contributed by atoms with E-state index in [1.165, 1.54) is 44.2 Å². The summed E-state index contributed by atoms with van der Waals surface area (Å²) in [5.74, 6) is 1.48. The Kier molecular flexibility index (Phi) is 2.41. The number of hydrogen-bond donors (Lipinski definition) is 1. The Hall–Kier alpha value is -0.990. The van der Waals surface area contributed by atoms with Crippen molar-refractivity contribution in [3.8, 4) is 0 Å². The SMILES string of the molecule is CC(C1CC1)n1cc(N)c(C2CCCC2)n1. The third-order valence-corrected chi connectivity index (χ3v) is 4.25. The minimum atomic E-state index is 0.539.